The molecule has 1 atom stereocenters. The molecular formula is C18H17NO3. The van der Waals surface area contributed by atoms with Crippen LogP contribution in [0.5, 0.6) is 5.75 Å². The van der Waals surface area contributed by atoms with E-state index in [0.717, 1.165) is 16.5 Å². The third-order valence-electron chi connectivity index (χ3n) is 3.46. The second kappa shape index (κ2) is 6.35. The summed E-state index contributed by atoms with van der Waals surface area (Å²) < 4.78 is 10.9. The van der Waals surface area contributed by atoms with E-state index < -0.39 is 0 Å². The van der Waals surface area contributed by atoms with Gasteiger partial charge in [-0.3, -0.25) is 4.79 Å². The van der Waals surface area contributed by atoms with Crippen molar-refractivity contribution in [3.05, 3.63) is 66.6 Å². The number of rotatable bonds is 5. The number of carbonyl (C=O) groups excluding carboxylic acids is 1. The normalized spacial score (nSPS) is 12.0. The summed E-state index contributed by atoms with van der Waals surface area (Å²) in [5.74, 6) is 1.24. The zero-order valence-electron chi connectivity index (χ0n) is 12.3. The Morgan fingerprint density at radius 3 is 2.77 bits per heavy atom. The highest BCUT2D eigenvalue weighted by Gasteiger charge is 2.12. The molecule has 1 heterocycles. The van der Waals surface area contributed by atoms with Gasteiger partial charge in [-0.2, -0.15) is 0 Å². The van der Waals surface area contributed by atoms with Gasteiger partial charge in [0.25, 0.3) is 5.91 Å². The molecule has 22 heavy (non-hydrogen) atoms. The molecule has 0 fully saturated rings. The lowest BCUT2D eigenvalue weighted by atomic mass is 10.1. The maximum atomic E-state index is 12.0. The van der Waals surface area contributed by atoms with Crippen LogP contribution in [0, 0.1) is 0 Å². The van der Waals surface area contributed by atoms with Crippen molar-refractivity contribution in [1.82, 2.24) is 5.32 Å². The van der Waals surface area contributed by atoms with Crippen LogP contribution in [0.3, 0.4) is 0 Å². The standard InChI is InChI=1S/C18H17NO3/c1-13(16-10-5-11-21-16)19-18(20)12-22-17-9-4-7-14-6-2-3-8-15(14)17/h2-11,13H,12H2,1H3,(H,19,20)/t13-/m1/s1. The van der Waals surface area contributed by atoms with Crippen LogP contribution >= 0.6 is 0 Å². The molecule has 0 spiro atoms. The summed E-state index contributed by atoms with van der Waals surface area (Å²) in [6.07, 6.45) is 1.59. The Labute approximate surface area is 128 Å². The summed E-state index contributed by atoms with van der Waals surface area (Å²) in [6, 6.07) is 17.2. The molecule has 0 aliphatic heterocycles. The first kappa shape index (κ1) is 14.2. The van der Waals surface area contributed by atoms with Crippen molar-refractivity contribution in [2.24, 2.45) is 0 Å². The van der Waals surface area contributed by atoms with E-state index in [4.69, 9.17) is 9.15 Å². The van der Waals surface area contributed by atoms with Crippen molar-refractivity contribution in [1.29, 1.82) is 0 Å². The minimum Gasteiger partial charge on any atom is -0.483 e. The lowest BCUT2D eigenvalue weighted by molar-refractivity contribution is -0.123. The minimum absolute atomic E-state index is 0.0287. The lowest BCUT2D eigenvalue weighted by Crippen LogP contribution is -2.31. The first-order valence-electron chi connectivity index (χ1n) is 7.17. The van der Waals surface area contributed by atoms with Gasteiger partial charge in [-0.1, -0.05) is 36.4 Å². The fraction of sp³-hybridized carbons (Fsp3) is 0.167. The van der Waals surface area contributed by atoms with Crippen LogP contribution in [0.2, 0.25) is 0 Å². The molecular weight excluding hydrogens is 278 g/mol. The molecule has 3 rings (SSSR count). The number of ether oxygens (including phenoxy) is 1. The smallest absolute Gasteiger partial charge is 0.258 e. The zero-order chi connectivity index (χ0) is 15.4. The van der Waals surface area contributed by atoms with Gasteiger partial charge in [-0.25, -0.2) is 0 Å². The summed E-state index contributed by atoms with van der Waals surface area (Å²) in [5.41, 5.74) is 0. The Morgan fingerprint density at radius 2 is 1.95 bits per heavy atom. The highest BCUT2D eigenvalue weighted by molar-refractivity contribution is 5.88. The summed E-state index contributed by atoms with van der Waals surface area (Å²) in [4.78, 5) is 12.0. The molecule has 1 aromatic heterocycles. The van der Waals surface area contributed by atoms with Crippen molar-refractivity contribution in [2.45, 2.75) is 13.0 Å². The summed E-state index contributed by atoms with van der Waals surface area (Å²) in [6.45, 7) is 1.84. The molecule has 0 bridgehead atoms. The van der Waals surface area contributed by atoms with Crippen molar-refractivity contribution in [3.8, 4) is 5.75 Å². The predicted octanol–water partition coefficient (Wildman–Crippen LogP) is 3.69. The molecule has 0 unspecified atom stereocenters. The number of furan rings is 1. The third kappa shape index (κ3) is 3.11. The zero-order valence-corrected chi connectivity index (χ0v) is 12.3. The van der Waals surface area contributed by atoms with Gasteiger partial charge < -0.3 is 14.5 Å². The van der Waals surface area contributed by atoms with E-state index in [1.54, 1.807) is 12.3 Å². The Balaban J connectivity index is 1.63. The van der Waals surface area contributed by atoms with E-state index in [0.29, 0.717) is 5.75 Å². The van der Waals surface area contributed by atoms with Gasteiger partial charge in [0.05, 0.1) is 12.3 Å². The number of fused-ring (bicyclic) bond motifs is 1. The molecule has 0 saturated heterocycles. The van der Waals surface area contributed by atoms with Crippen molar-refractivity contribution >= 4 is 16.7 Å². The van der Waals surface area contributed by atoms with Crippen LogP contribution in [-0.2, 0) is 4.79 Å². The van der Waals surface area contributed by atoms with E-state index in [-0.39, 0.29) is 18.6 Å². The van der Waals surface area contributed by atoms with Crippen molar-refractivity contribution in [3.63, 3.8) is 0 Å². The van der Waals surface area contributed by atoms with Crippen molar-refractivity contribution < 1.29 is 13.9 Å². The van der Waals surface area contributed by atoms with Gasteiger partial charge in [-0.05, 0) is 30.5 Å². The number of benzene rings is 2. The van der Waals surface area contributed by atoms with E-state index in [9.17, 15) is 4.79 Å². The van der Waals surface area contributed by atoms with Gasteiger partial charge in [0.15, 0.2) is 6.61 Å². The second-order valence-corrected chi connectivity index (χ2v) is 5.07. The number of hydrogen-bond acceptors (Lipinski definition) is 3. The van der Waals surface area contributed by atoms with Gasteiger partial charge in [-0.15, -0.1) is 0 Å². The third-order valence-corrected chi connectivity index (χ3v) is 3.46. The molecule has 0 radical (unpaired) electrons. The average molecular weight is 295 g/mol. The number of amides is 1. The SMILES string of the molecule is C[C@@H](NC(=O)COc1cccc2ccccc12)c1ccco1. The summed E-state index contributed by atoms with van der Waals surface area (Å²) >= 11 is 0. The maximum absolute atomic E-state index is 12.0. The Morgan fingerprint density at radius 1 is 1.14 bits per heavy atom. The van der Waals surface area contributed by atoms with E-state index in [1.165, 1.54) is 0 Å². The lowest BCUT2D eigenvalue weighted by Gasteiger charge is -2.13. The largest absolute Gasteiger partial charge is 0.483 e. The monoisotopic (exact) mass is 295 g/mol. The van der Waals surface area contributed by atoms with Crippen LogP contribution in [0.25, 0.3) is 10.8 Å². The fourth-order valence-electron chi connectivity index (χ4n) is 2.36. The Kier molecular flexibility index (Phi) is 4.10. The van der Waals surface area contributed by atoms with Crippen LogP contribution in [-0.4, -0.2) is 12.5 Å². The first-order valence-corrected chi connectivity index (χ1v) is 7.17. The van der Waals surface area contributed by atoms with Crippen LogP contribution in [0.15, 0.2) is 65.3 Å². The summed E-state index contributed by atoms with van der Waals surface area (Å²) in [7, 11) is 0. The number of hydrogen-bond donors (Lipinski definition) is 1. The molecule has 0 aliphatic carbocycles. The Bertz CT molecular complexity index is 760. The molecule has 1 N–H and O–H groups in total. The fourth-order valence-corrected chi connectivity index (χ4v) is 2.36. The first-order chi connectivity index (χ1) is 10.7. The minimum atomic E-state index is -0.183. The molecule has 3 aromatic rings. The Hall–Kier alpha value is -2.75. The molecule has 112 valence electrons. The average Bonchev–Trinajstić information content (AvgIpc) is 3.07. The highest BCUT2D eigenvalue weighted by Crippen LogP contribution is 2.25. The molecule has 0 saturated carbocycles. The molecule has 4 nitrogen and oxygen atoms in total. The van der Waals surface area contributed by atoms with Crippen LogP contribution in [0.4, 0.5) is 0 Å². The van der Waals surface area contributed by atoms with E-state index in [1.807, 2.05) is 55.5 Å². The summed E-state index contributed by atoms with van der Waals surface area (Å²) in [5, 5.41) is 4.93. The van der Waals surface area contributed by atoms with Gasteiger partial charge in [0.2, 0.25) is 0 Å². The van der Waals surface area contributed by atoms with Gasteiger partial charge in [0.1, 0.15) is 11.5 Å². The van der Waals surface area contributed by atoms with E-state index >= 15 is 0 Å². The predicted molar refractivity (Wildman–Crippen MR) is 84.7 cm³/mol. The molecule has 4 heteroatoms. The molecule has 0 aliphatic rings. The topological polar surface area (TPSA) is 51.5 Å². The second-order valence-electron chi connectivity index (χ2n) is 5.07. The number of nitrogens with one attached hydrogen (secondary N) is 1. The molecule has 2 aromatic carbocycles. The molecule has 1 amide bonds. The van der Waals surface area contributed by atoms with Crippen molar-refractivity contribution in [2.75, 3.05) is 6.61 Å². The number of carbonyl (C=O) groups is 1. The van der Waals surface area contributed by atoms with Crippen LogP contribution < -0.4 is 10.1 Å². The maximum Gasteiger partial charge on any atom is 0.258 e. The van der Waals surface area contributed by atoms with Crippen LogP contribution in [0.1, 0.15) is 18.7 Å². The van der Waals surface area contributed by atoms with E-state index in [2.05, 4.69) is 5.32 Å². The van der Waals surface area contributed by atoms with Gasteiger partial charge >= 0.3 is 0 Å². The highest BCUT2D eigenvalue weighted by atomic mass is 16.5. The quantitative estimate of drug-likeness (QED) is 0.781. The van der Waals surface area contributed by atoms with Gasteiger partial charge in [0, 0.05) is 5.39 Å².